The molecule has 0 radical (unpaired) electrons. The zero-order valence-electron chi connectivity index (χ0n) is 17.3. The van der Waals surface area contributed by atoms with Crippen LogP contribution in [0.3, 0.4) is 0 Å². The molecule has 1 atom stereocenters. The number of anilines is 1. The van der Waals surface area contributed by atoms with Crippen LogP contribution in [0.5, 0.6) is 0 Å². The molecule has 30 heavy (non-hydrogen) atoms. The Morgan fingerprint density at radius 1 is 1.03 bits per heavy atom. The number of para-hydroxylation sites is 1. The molecule has 1 unspecified atom stereocenters. The summed E-state index contributed by atoms with van der Waals surface area (Å²) in [4.78, 5) is 32.8. The molecule has 2 fully saturated rings. The third-order valence-corrected chi connectivity index (χ3v) is 6.69. The summed E-state index contributed by atoms with van der Waals surface area (Å²) in [5.41, 5.74) is 4.58. The lowest BCUT2D eigenvalue weighted by molar-refractivity contribution is -0.136. The minimum Gasteiger partial charge on any atom is -0.361 e. The summed E-state index contributed by atoms with van der Waals surface area (Å²) < 4.78 is 0. The first-order chi connectivity index (χ1) is 14.6. The van der Waals surface area contributed by atoms with Crippen LogP contribution in [-0.2, 0) is 9.59 Å². The molecule has 2 aromatic carbocycles. The smallest absolute Gasteiger partial charge is 0.228 e. The van der Waals surface area contributed by atoms with Gasteiger partial charge in [-0.1, -0.05) is 35.9 Å². The number of carbonyl (C=O) groups is 2. The monoisotopic (exact) mass is 401 g/mol. The van der Waals surface area contributed by atoms with Gasteiger partial charge in [-0.05, 0) is 49.4 Å². The Labute approximate surface area is 176 Å². The molecule has 5 nitrogen and oxygen atoms in total. The summed E-state index contributed by atoms with van der Waals surface area (Å²) in [6.07, 6.45) is 4.38. The Morgan fingerprint density at radius 2 is 1.77 bits per heavy atom. The fourth-order valence-corrected chi connectivity index (χ4v) is 4.95. The standard InChI is InChI=1S/C25H27N3O2/c1-17-6-8-20(9-7-17)28-16-19(14-24(28)29)25(30)27-12-10-18(11-13-27)22-15-26-23-5-3-2-4-21(22)23/h2-9,15,18-19,26H,10-14,16H2,1H3. The fourth-order valence-electron chi connectivity index (χ4n) is 4.95. The van der Waals surface area contributed by atoms with Crippen molar-refractivity contribution in [3.05, 3.63) is 65.9 Å². The maximum absolute atomic E-state index is 13.1. The van der Waals surface area contributed by atoms with Gasteiger partial charge >= 0.3 is 0 Å². The van der Waals surface area contributed by atoms with Crippen molar-refractivity contribution in [2.45, 2.75) is 32.1 Å². The number of nitrogens with zero attached hydrogens (tertiary/aromatic N) is 2. The van der Waals surface area contributed by atoms with Gasteiger partial charge < -0.3 is 14.8 Å². The van der Waals surface area contributed by atoms with Crippen molar-refractivity contribution in [3.63, 3.8) is 0 Å². The second kappa shape index (κ2) is 7.63. The average Bonchev–Trinajstić information content (AvgIpc) is 3.38. The van der Waals surface area contributed by atoms with E-state index in [1.54, 1.807) is 4.90 Å². The van der Waals surface area contributed by atoms with Crippen LogP contribution < -0.4 is 4.90 Å². The van der Waals surface area contributed by atoms with Crippen LogP contribution in [-0.4, -0.2) is 41.3 Å². The molecule has 1 N–H and O–H groups in total. The van der Waals surface area contributed by atoms with Crippen LogP contribution >= 0.6 is 0 Å². The lowest BCUT2D eigenvalue weighted by atomic mass is 9.88. The number of amides is 2. The number of rotatable bonds is 3. The first-order valence-electron chi connectivity index (χ1n) is 10.8. The largest absolute Gasteiger partial charge is 0.361 e. The van der Waals surface area contributed by atoms with Gasteiger partial charge in [0.05, 0.1) is 5.92 Å². The van der Waals surface area contributed by atoms with Crippen molar-refractivity contribution in [1.82, 2.24) is 9.88 Å². The van der Waals surface area contributed by atoms with Crippen LogP contribution in [0.4, 0.5) is 5.69 Å². The topological polar surface area (TPSA) is 56.4 Å². The lowest BCUT2D eigenvalue weighted by Gasteiger charge is -2.33. The number of carbonyl (C=O) groups excluding carboxylic acids is 2. The third kappa shape index (κ3) is 3.38. The van der Waals surface area contributed by atoms with Gasteiger partial charge in [0.15, 0.2) is 0 Å². The Hall–Kier alpha value is -3.08. The lowest BCUT2D eigenvalue weighted by Crippen LogP contribution is -2.42. The predicted octanol–water partition coefficient (Wildman–Crippen LogP) is 4.24. The zero-order valence-corrected chi connectivity index (χ0v) is 17.3. The van der Waals surface area contributed by atoms with E-state index in [0.717, 1.165) is 37.2 Å². The summed E-state index contributed by atoms with van der Waals surface area (Å²) in [5.74, 6) is 0.420. The van der Waals surface area contributed by atoms with Crippen LogP contribution in [0.1, 0.15) is 36.3 Å². The molecule has 0 bridgehead atoms. The van der Waals surface area contributed by atoms with Crippen molar-refractivity contribution in [3.8, 4) is 0 Å². The SMILES string of the molecule is Cc1ccc(N2CC(C(=O)N3CCC(c4c[nH]c5ccccc45)CC3)CC2=O)cc1. The highest BCUT2D eigenvalue weighted by Gasteiger charge is 2.38. The summed E-state index contributed by atoms with van der Waals surface area (Å²) >= 11 is 0. The Balaban J connectivity index is 1.23. The van der Waals surface area contributed by atoms with Gasteiger partial charge in [0.1, 0.15) is 0 Å². The number of hydrogen-bond acceptors (Lipinski definition) is 2. The van der Waals surface area contributed by atoms with Gasteiger partial charge in [-0.25, -0.2) is 0 Å². The third-order valence-electron chi connectivity index (χ3n) is 6.69. The first kappa shape index (κ1) is 18.9. The molecular formula is C25H27N3O2. The minimum absolute atomic E-state index is 0.0471. The minimum atomic E-state index is -0.233. The molecule has 0 saturated carbocycles. The first-order valence-corrected chi connectivity index (χ1v) is 10.8. The van der Waals surface area contributed by atoms with Crippen molar-refractivity contribution in [2.75, 3.05) is 24.5 Å². The number of nitrogens with one attached hydrogen (secondary N) is 1. The fraction of sp³-hybridized carbons (Fsp3) is 0.360. The number of fused-ring (bicyclic) bond motifs is 1. The van der Waals surface area contributed by atoms with E-state index < -0.39 is 0 Å². The highest BCUT2D eigenvalue weighted by molar-refractivity contribution is 6.00. The highest BCUT2D eigenvalue weighted by atomic mass is 16.2. The van der Waals surface area contributed by atoms with Crippen LogP contribution in [0.2, 0.25) is 0 Å². The molecular weight excluding hydrogens is 374 g/mol. The van der Waals surface area contributed by atoms with E-state index in [2.05, 4.69) is 29.4 Å². The summed E-state index contributed by atoms with van der Waals surface area (Å²) in [7, 11) is 0. The molecule has 0 spiro atoms. The van der Waals surface area contributed by atoms with E-state index in [0.29, 0.717) is 18.9 Å². The van der Waals surface area contributed by atoms with Crippen LogP contribution in [0.25, 0.3) is 10.9 Å². The molecule has 2 aliphatic heterocycles. The van der Waals surface area contributed by atoms with Gasteiger partial charge in [0.2, 0.25) is 11.8 Å². The Morgan fingerprint density at radius 3 is 2.53 bits per heavy atom. The van der Waals surface area contributed by atoms with Gasteiger partial charge in [-0.15, -0.1) is 0 Å². The van der Waals surface area contributed by atoms with Gasteiger partial charge in [0.25, 0.3) is 0 Å². The summed E-state index contributed by atoms with van der Waals surface area (Å²) in [6, 6.07) is 16.3. The number of H-pyrrole nitrogens is 1. The molecule has 2 aliphatic rings. The maximum atomic E-state index is 13.1. The Kier molecular flexibility index (Phi) is 4.81. The van der Waals surface area contributed by atoms with Crippen molar-refractivity contribution in [2.24, 2.45) is 5.92 Å². The maximum Gasteiger partial charge on any atom is 0.228 e. The second-order valence-electron chi connectivity index (χ2n) is 8.63. The number of piperidine rings is 1. The molecule has 2 amide bonds. The molecule has 5 rings (SSSR count). The van der Waals surface area contributed by atoms with Crippen LogP contribution in [0, 0.1) is 12.8 Å². The number of hydrogen-bond donors (Lipinski definition) is 1. The summed E-state index contributed by atoms with van der Waals surface area (Å²) in [5, 5.41) is 1.29. The predicted molar refractivity (Wildman–Crippen MR) is 118 cm³/mol. The van der Waals surface area contributed by atoms with E-state index >= 15 is 0 Å². The molecule has 154 valence electrons. The molecule has 3 heterocycles. The van der Waals surface area contributed by atoms with Crippen molar-refractivity contribution >= 4 is 28.4 Å². The molecule has 2 saturated heterocycles. The highest BCUT2D eigenvalue weighted by Crippen LogP contribution is 2.34. The number of benzene rings is 2. The number of aromatic amines is 1. The van der Waals surface area contributed by atoms with E-state index in [1.165, 1.54) is 16.5 Å². The number of aryl methyl sites for hydroxylation is 1. The van der Waals surface area contributed by atoms with E-state index in [-0.39, 0.29) is 17.7 Å². The van der Waals surface area contributed by atoms with E-state index in [4.69, 9.17) is 0 Å². The molecule has 3 aromatic rings. The number of likely N-dealkylation sites (tertiary alicyclic amines) is 1. The zero-order chi connectivity index (χ0) is 20.7. The van der Waals surface area contributed by atoms with Gasteiger partial charge in [-0.2, -0.15) is 0 Å². The van der Waals surface area contributed by atoms with Gasteiger partial charge in [0, 0.05) is 48.8 Å². The normalized spacial score (nSPS) is 20.3. The molecule has 0 aliphatic carbocycles. The summed E-state index contributed by atoms with van der Waals surface area (Å²) in [6.45, 7) is 4.04. The van der Waals surface area contributed by atoms with Crippen molar-refractivity contribution in [1.29, 1.82) is 0 Å². The van der Waals surface area contributed by atoms with Gasteiger partial charge in [-0.3, -0.25) is 9.59 Å². The molecule has 5 heteroatoms. The second-order valence-corrected chi connectivity index (χ2v) is 8.63. The quantitative estimate of drug-likeness (QED) is 0.714. The van der Waals surface area contributed by atoms with Crippen molar-refractivity contribution < 1.29 is 9.59 Å². The average molecular weight is 402 g/mol. The molecule has 1 aromatic heterocycles. The Bertz CT molecular complexity index is 1080. The number of aromatic nitrogens is 1. The van der Waals surface area contributed by atoms with E-state index in [9.17, 15) is 9.59 Å². The van der Waals surface area contributed by atoms with E-state index in [1.807, 2.05) is 42.2 Å². The van der Waals surface area contributed by atoms with Crippen LogP contribution in [0.15, 0.2) is 54.7 Å².